The SMILES string of the molecule is CC(C)C(=O)C(C)/C=C\C=C(\O)C(=N)C=O. The van der Waals surface area contributed by atoms with Gasteiger partial charge in [-0.2, -0.15) is 0 Å². The highest BCUT2D eigenvalue weighted by molar-refractivity contribution is 6.33. The van der Waals surface area contributed by atoms with Crippen molar-refractivity contribution < 1.29 is 14.7 Å². The average molecular weight is 223 g/mol. The van der Waals surface area contributed by atoms with Gasteiger partial charge in [-0.15, -0.1) is 0 Å². The van der Waals surface area contributed by atoms with Crippen molar-refractivity contribution in [3.8, 4) is 0 Å². The molecule has 0 aliphatic rings. The van der Waals surface area contributed by atoms with E-state index in [1.165, 1.54) is 12.2 Å². The Kier molecular flexibility index (Phi) is 6.00. The largest absolute Gasteiger partial charge is 0.506 e. The minimum absolute atomic E-state index is 0.0366. The smallest absolute Gasteiger partial charge is 0.171 e. The fraction of sp³-hybridized carbons (Fsp3) is 0.417. The Labute approximate surface area is 95.2 Å². The molecule has 16 heavy (non-hydrogen) atoms. The number of hydrogen-bond acceptors (Lipinski definition) is 4. The van der Waals surface area contributed by atoms with E-state index in [0.29, 0.717) is 0 Å². The van der Waals surface area contributed by atoms with Crippen LogP contribution in [0.1, 0.15) is 20.8 Å². The number of Topliss-reactive ketones (excluding diaryl/α,β-unsaturated/α-hetero) is 1. The molecule has 0 saturated carbocycles. The van der Waals surface area contributed by atoms with Crippen LogP contribution >= 0.6 is 0 Å². The van der Waals surface area contributed by atoms with E-state index >= 15 is 0 Å². The van der Waals surface area contributed by atoms with Crippen molar-refractivity contribution in [1.29, 1.82) is 5.41 Å². The van der Waals surface area contributed by atoms with E-state index in [4.69, 9.17) is 10.5 Å². The quantitative estimate of drug-likeness (QED) is 0.313. The minimum atomic E-state index is -0.479. The summed E-state index contributed by atoms with van der Waals surface area (Å²) in [5.74, 6) is -0.579. The predicted molar refractivity (Wildman–Crippen MR) is 62.7 cm³/mol. The monoisotopic (exact) mass is 223 g/mol. The summed E-state index contributed by atoms with van der Waals surface area (Å²) < 4.78 is 0. The number of rotatable bonds is 6. The molecule has 0 aromatic carbocycles. The highest BCUT2D eigenvalue weighted by Crippen LogP contribution is 2.07. The zero-order valence-electron chi connectivity index (χ0n) is 9.73. The number of hydrogen-bond donors (Lipinski definition) is 2. The Bertz CT molecular complexity index is 340. The summed E-state index contributed by atoms with van der Waals surface area (Å²) in [6, 6.07) is 0. The lowest BCUT2D eigenvalue weighted by atomic mass is 9.96. The molecule has 0 fully saturated rings. The van der Waals surface area contributed by atoms with Crippen LogP contribution in [0.5, 0.6) is 0 Å². The summed E-state index contributed by atoms with van der Waals surface area (Å²) >= 11 is 0. The van der Waals surface area contributed by atoms with Crippen molar-refractivity contribution in [3.63, 3.8) is 0 Å². The van der Waals surface area contributed by atoms with Gasteiger partial charge in [0.05, 0.1) is 0 Å². The summed E-state index contributed by atoms with van der Waals surface area (Å²) in [7, 11) is 0. The van der Waals surface area contributed by atoms with Crippen molar-refractivity contribution in [2.24, 2.45) is 11.8 Å². The molecule has 0 saturated heterocycles. The molecule has 0 radical (unpaired) electrons. The third-order valence-corrected chi connectivity index (χ3v) is 2.07. The third kappa shape index (κ3) is 4.68. The molecule has 0 aromatic rings. The molecule has 1 atom stereocenters. The van der Waals surface area contributed by atoms with Gasteiger partial charge < -0.3 is 5.11 Å². The number of allylic oxidation sites excluding steroid dienone is 4. The van der Waals surface area contributed by atoms with Crippen molar-refractivity contribution in [1.82, 2.24) is 0 Å². The van der Waals surface area contributed by atoms with E-state index in [1.54, 1.807) is 13.0 Å². The molecule has 2 N–H and O–H groups in total. The molecule has 0 rings (SSSR count). The number of aliphatic hydroxyl groups excluding tert-OH is 1. The molecular weight excluding hydrogens is 206 g/mol. The Morgan fingerprint density at radius 2 is 1.88 bits per heavy atom. The van der Waals surface area contributed by atoms with Gasteiger partial charge in [0.2, 0.25) is 0 Å². The first-order valence-corrected chi connectivity index (χ1v) is 5.05. The molecule has 0 aliphatic carbocycles. The van der Waals surface area contributed by atoms with E-state index < -0.39 is 11.5 Å². The number of aliphatic hydroxyl groups is 1. The zero-order valence-corrected chi connectivity index (χ0v) is 9.73. The van der Waals surface area contributed by atoms with Gasteiger partial charge in [-0.3, -0.25) is 15.0 Å². The third-order valence-electron chi connectivity index (χ3n) is 2.07. The molecule has 0 spiro atoms. The van der Waals surface area contributed by atoms with Gasteiger partial charge in [-0.1, -0.05) is 32.9 Å². The number of carbonyl (C=O) groups excluding carboxylic acids is 2. The summed E-state index contributed by atoms with van der Waals surface area (Å²) in [6.45, 7) is 5.40. The topological polar surface area (TPSA) is 78.2 Å². The molecule has 0 aliphatic heterocycles. The molecule has 0 amide bonds. The molecule has 4 nitrogen and oxygen atoms in total. The minimum Gasteiger partial charge on any atom is -0.506 e. The molecule has 4 heteroatoms. The predicted octanol–water partition coefficient (Wildman–Crippen LogP) is 2.06. The lowest BCUT2D eigenvalue weighted by Crippen LogP contribution is -2.14. The molecule has 0 heterocycles. The van der Waals surface area contributed by atoms with Gasteiger partial charge in [0.25, 0.3) is 0 Å². The average Bonchev–Trinajstić information content (AvgIpc) is 2.26. The second kappa shape index (κ2) is 6.71. The highest BCUT2D eigenvalue weighted by Gasteiger charge is 2.12. The van der Waals surface area contributed by atoms with Gasteiger partial charge in [0, 0.05) is 11.8 Å². The summed E-state index contributed by atoms with van der Waals surface area (Å²) in [6.07, 6.45) is 4.57. The van der Waals surface area contributed by atoms with Crippen LogP contribution in [0.25, 0.3) is 0 Å². The van der Waals surface area contributed by atoms with Crippen molar-refractivity contribution in [2.45, 2.75) is 20.8 Å². The van der Waals surface area contributed by atoms with Crippen LogP contribution in [-0.4, -0.2) is 22.9 Å². The van der Waals surface area contributed by atoms with E-state index in [1.807, 2.05) is 13.8 Å². The van der Waals surface area contributed by atoms with Crippen LogP contribution in [0.3, 0.4) is 0 Å². The lowest BCUT2D eigenvalue weighted by molar-refractivity contribution is -0.124. The summed E-state index contributed by atoms with van der Waals surface area (Å²) in [4.78, 5) is 21.6. The number of aldehydes is 1. The van der Waals surface area contributed by atoms with Crippen LogP contribution in [0.15, 0.2) is 24.0 Å². The van der Waals surface area contributed by atoms with Crippen molar-refractivity contribution >= 4 is 17.8 Å². The van der Waals surface area contributed by atoms with Gasteiger partial charge in [0.15, 0.2) is 6.29 Å². The first-order chi connectivity index (χ1) is 7.40. The van der Waals surface area contributed by atoms with Gasteiger partial charge in [-0.25, -0.2) is 0 Å². The highest BCUT2D eigenvalue weighted by atomic mass is 16.3. The molecule has 0 aromatic heterocycles. The Hall–Kier alpha value is -1.71. The van der Waals surface area contributed by atoms with Crippen LogP contribution < -0.4 is 0 Å². The van der Waals surface area contributed by atoms with E-state index in [9.17, 15) is 9.59 Å². The maximum atomic E-state index is 11.5. The fourth-order valence-electron chi connectivity index (χ4n) is 1.08. The molecule has 0 bridgehead atoms. The second-order valence-corrected chi connectivity index (χ2v) is 3.81. The number of carbonyl (C=O) groups is 2. The maximum absolute atomic E-state index is 11.5. The molecule has 88 valence electrons. The van der Waals surface area contributed by atoms with Crippen molar-refractivity contribution in [3.05, 3.63) is 24.0 Å². The van der Waals surface area contributed by atoms with Crippen LogP contribution in [-0.2, 0) is 9.59 Å². The van der Waals surface area contributed by atoms with Gasteiger partial charge >= 0.3 is 0 Å². The Balaban J connectivity index is 4.46. The standard InChI is InChI=1S/C12H17NO3/c1-8(2)12(16)9(3)5-4-6-11(15)10(13)7-14/h4-9,13,15H,1-3H3/b5-4-,11-6+,13-10?. The zero-order chi connectivity index (χ0) is 12.7. The first kappa shape index (κ1) is 14.3. The Morgan fingerprint density at radius 3 is 2.31 bits per heavy atom. The first-order valence-electron chi connectivity index (χ1n) is 5.05. The summed E-state index contributed by atoms with van der Waals surface area (Å²) in [5, 5.41) is 16.1. The van der Waals surface area contributed by atoms with Gasteiger partial charge in [0.1, 0.15) is 17.3 Å². The molecular formula is C12H17NO3. The van der Waals surface area contributed by atoms with Crippen LogP contribution in [0.2, 0.25) is 0 Å². The number of ketones is 1. The van der Waals surface area contributed by atoms with Crippen molar-refractivity contribution in [2.75, 3.05) is 0 Å². The maximum Gasteiger partial charge on any atom is 0.171 e. The van der Waals surface area contributed by atoms with E-state index in [0.717, 1.165) is 0 Å². The second-order valence-electron chi connectivity index (χ2n) is 3.81. The van der Waals surface area contributed by atoms with Crippen LogP contribution in [0.4, 0.5) is 0 Å². The van der Waals surface area contributed by atoms with E-state index in [-0.39, 0.29) is 23.9 Å². The normalized spacial score (nSPS) is 14.1. The van der Waals surface area contributed by atoms with E-state index in [2.05, 4.69) is 0 Å². The van der Waals surface area contributed by atoms with Gasteiger partial charge in [-0.05, 0) is 6.08 Å². The Morgan fingerprint density at radius 1 is 1.31 bits per heavy atom. The fourth-order valence-corrected chi connectivity index (χ4v) is 1.08. The lowest BCUT2D eigenvalue weighted by Gasteiger charge is -2.07. The molecule has 1 unspecified atom stereocenters. The van der Waals surface area contributed by atoms with Crippen LogP contribution in [0, 0.1) is 17.2 Å². The number of nitrogens with one attached hydrogen (secondary N) is 1. The summed E-state index contributed by atoms with van der Waals surface area (Å²) in [5.41, 5.74) is -0.479.